The number of benzene rings is 1. The molecular formula is C17H24N4O. The Kier molecular flexibility index (Phi) is 4.27. The first kappa shape index (κ1) is 15.2. The lowest BCUT2D eigenvalue weighted by atomic mass is 9.99. The quantitative estimate of drug-likeness (QED) is 0.874. The highest BCUT2D eigenvalue weighted by molar-refractivity contribution is 6.02. The van der Waals surface area contributed by atoms with Crippen molar-refractivity contribution in [3.05, 3.63) is 29.6 Å². The van der Waals surface area contributed by atoms with Crippen LogP contribution in [0.3, 0.4) is 0 Å². The van der Waals surface area contributed by atoms with Crippen LogP contribution in [0, 0.1) is 6.92 Å². The fourth-order valence-corrected chi connectivity index (χ4v) is 3.27. The van der Waals surface area contributed by atoms with Gasteiger partial charge in [-0.3, -0.25) is 9.69 Å². The third-order valence-corrected chi connectivity index (χ3v) is 4.67. The summed E-state index contributed by atoms with van der Waals surface area (Å²) in [6, 6.07) is 5.86. The van der Waals surface area contributed by atoms with Crippen LogP contribution in [0.1, 0.15) is 29.5 Å². The van der Waals surface area contributed by atoms with Gasteiger partial charge in [0, 0.05) is 38.8 Å². The monoisotopic (exact) mass is 300 g/mol. The Labute approximate surface area is 131 Å². The minimum absolute atomic E-state index is 0.0237. The summed E-state index contributed by atoms with van der Waals surface area (Å²) in [4.78, 5) is 19.8. The number of aryl methyl sites for hydroxylation is 2. The number of nitrogens with zero attached hydrogens (tertiary/aromatic N) is 3. The van der Waals surface area contributed by atoms with Crippen molar-refractivity contribution in [1.29, 1.82) is 0 Å². The minimum atomic E-state index is -0.0237. The Hall–Kier alpha value is -1.72. The van der Waals surface area contributed by atoms with Crippen molar-refractivity contribution in [2.75, 3.05) is 26.2 Å². The predicted octanol–water partition coefficient (Wildman–Crippen LogP) is 1.75. The minimum Gasteiger partial charge on any atom is -0.331 e. The maximum Gasteiger partial charge on any atom is 0.180 e. The molecule has 3 rings (SSSR count). The SMILES string of the molecule is CCC(C(=O)c1ccc2c(c1)nc(C)n2C)N1CCNCC1. The molecule has 0 spiro atoms. The summed E-state index contributed by atoms with van der Waals surface area (Å²) in [6.07, 6.45) is 0.845. The molecule has 2 heterocycles. The number of imidazole rings is 1. The standard InChI is InChI=1S/C17H24N4O/c1-4-15(21-9-7-18-8-10-21)17(22)13-5-6-16-14(11-13)19-12(2)20(16)3/h5-6,11,15,18H,4,7-10H2,1-3H3. The second-order valence-corrected chi connectivity index (χ2v) is 6.00. The van der Waals surface area contributed by atoms with Gasteiger partial charge in [0.15, 0.2) is 5.78 Å². The molecule has 1 aliphatic heterocycles. The highest BCUT2D eigenvalue weighted by Gasteiger charge is 2.26. The molecule has 0 amide bonds. The lowest BCUT2D eigenvalue weighted by Crippen LogP contribution is -2.51. The van der Waals surface area contributed by atoms with Gasteiger partial charge >= 0.3 is 0 Å². The number of rotatable bonds is 4. The maximum absolute atomic E-state index is 12.9. The van der Waals surface area contributed by atoms with Gasteiger partial charge in [-0.1, -0.05) is 6.92 Å². The van der Waals surface area contributed by atoms with Crippen molar-refractivity contribution in [2.45, 2.75) is 26.3 Å². The second-order valence-electron chi connectivity index (χ2n) is 6.00. The molecule has 5 nitrogen and oxygen atoms in total. The van der Waals surface area contributed by atoms with Gasteiger partial charge in [-0.05, 0) is 31.5 Å². The first-order valence-corrected chi connectivity index (χ1v) is 8.04. The number of piperazine rings is 1. The number of ketones is 1. The number of hydrogen-bond acceptors (Lipinski definition) is 4. The molecule has 0 radical (unpaired) electrons. The molecule has 22 heavy (non-hydrogen) atoms. The summed E-state index contributed by atoms with van der Waals surface area (Å²) in [7, 11) is 2.00. The van der Waals surface area contributed by atoms with Crippen LogP contribution in [0.5, 0.6) is 0 Å². The van der Waals surface area contributed by atoms with Crippen molar-refractivity contribution in [3.8, 4) is 0 Å². The molecule has 1 aromatic carbocycles. The third kappa shape index (κ3) is 2.66. The van der Waals surface area contributed by atoms with Crippen LogP contribution in [0.2, 0.25) is 0 Å². The first-order chi connectivity index (χ1) is 10.6. The summed E-state index contributed by atoms with van der Waals surface area (Å²) in [5, 5.41) is 3.34. The largest absolute Gasteiger partial charge is 0.331 e. The van der Waals surface area contributed by atoms with Crippen molar-refractivity contribution in [3.63, 3.8) is 0 Å². The van der Waals surface area contributed by atoms with Crippen molar-refractivity contribution in [1.82, 2.24) is 19.8 Å². The zero-order valence-electron chi connectivity index (χ0n) is 13.6. The molecule has 118 valence electrons. The molecular weight excluding hydrogens is 276 g/mol. The van der Waals surface area contributed by atoms with E-state index >= 15 is 0 Å². The van der Waals surface area contributed by atoms with E-state index in [1.165, 1.54) is 0 Å². The van der Waals surface area contributed by atoms with Gasteiger partial charge in [-0.2, -0.15) is 0 Å². The summed E-state index contributed by atoms with van der Waals surface area (Å²) >= 11 is 0. The summed E-state index contributed by atoms with van der Waals surface area (Å²) in [5.41, 5.74) is 2.75. The van der Waals surface area contributed by atoms with E-state index in [-0.39, 0.29) is 11.8 Å². The molecule has 0 aliphatic carbocycles. The Bertz CT molecular complexity index is 685. The fraction of sp³-hybridized carbons (Fsp3) is 0.529. The number of aromatic nitrogens is 2. The van der Waals surface area contributed by atoms with E-state index in [0.717, 1.165) is 55.0 Å². The van der Waals surface area contributed by atoms with E-state index in [9.17, 15) is 4.79 Å². The van der Waals surface area contributed by atoms with E-state index in [1.807, 2.05) is 32.2 Å². The number of carbonyl (C=O) groups is 1. The van der Waals surface area contributed by atoms with Crippen LogP contribution in [0.15, 0.2) is 18.2 Å². The zero-order valence-corrected chi connectivity index (χ0v) is 13.6. The van der Waals surface area contributed by atoms with E-state index in [4.69, 9.17) is 0 Å². The molecule has 5 heteroatoms. The molecule has 2 aromatic rings. The van der Waals surface area contributed by atoms with E-state index in [2.05, 4.69) is 26.7 Å². The van der Waals surface area contributed by atoms with E-state index in [1.54, 1.807) is 0 Å². The van der Waals surface area contributed by atoms with Gasteiger partial charge in [0.1, 0.15) is 5.82 Å². The summed E-state index contributed by atoms with van der Waals surface area (Å²) in [5.74, 6) is 1.18. The molecule has 1 N–H and O–H groups in total. The fourth-order valence-electron chi connectivity index (χ4n) is 3.27. The molecule has 0 bridgehead atoms. The van der Waals surface area contributed by atoms with Crippen LogP contribution in [0.4, 0.5) is 0 Å². The number of Topliss-reactive ketones (excluding diaryl/α,β-unsaturated/α-hetero) is 1. The van der Waals surface area contributed by atoms with Gasteiger partial charge in [0.2, 0.25) is 0 Å². The summed E-state index contributed by atoms with van der Waals surface area (Å²) in [6.45, 7) is 7.87. The van der Waals surface area contributed by atoms with Gasteiger partial charge in [-0.15, -0.1) is 0 Å². The van der Waals surface area contributed by atoms with Crippen LogP contribution in [0.25, 0.3) is 11.0 Å². The Balaban J connectivity index is 1.89. The normalized spacial score (nSPS) is 17.8. The average molecular weight is 300 g/mol. The zero-order chi connectivity index (χ0) is 15.7. The molecule has 1 aliphatic rings. The molecule has 1 aromatic heterocycles. The Morgan fingerprint density at radius 3 is 2.77 bits per heavy atom. The molecule has 1 atom stereocenters. The predicted molar refractivity (Wildman–Crippen MR) is 88.3 cm³/mol. The highest BCUT2D eigenvalue weighted by Crippen LogP contribution is 2.19. The topological polar surface area (TPSA) is 50.2 Å². The number of nitrogens with one attached hydrogen (secondary N) is 1. The van der Waals surface area contributed by atoms with Gasteiger partial charge in [0.25, 0.3) is 0 Å². The Morgan fingerprint density at radius 1 is 1.36 bits per heavy atom. The second kappa shape index (κ2) is 6.18. The third-order valence-electron chi connectivity index (χ3n) is 4.67. The lowest BCUT2D eigenvalue weighted by molar-refractivity contribution is 0.0790. The molecule has 1 fully saturated rings. The van der Waals surface area contributed by atoms with Crippen LogP contribution in [-0.4, -0.2) is 52.5 Å². The molecule has 1 saturated heterocycles. The lowest BCUT2D eigenvalue weighted by Gasteiger charge is -2.33. The number of carbonyl (C=O) groups excluding carboxylic acids is 1. The van der Waals surface area contributed by atoms with Gasteiger partial charge in [-0.25, -0.2) is 4.98 Å². The van der Waals surface area contributed by atoms with Crippen molar-refractivity contribution < 1.29 is 4.79 Å². The summed E-state index contributed by atoms with van der Waals surface area (Å²) < 4.78 is 2.05. The first-order valence-electron chi connectivity index (χ1n) is 8.04. The highest BCUT2D eigenvalue weighted by atomic mass is 16.1. The van der Waals surface area contributed by atoms with Crippen molar-refractivity contribution >= 4 is 16.8 Å². The number of fused-ring (bicyclic) bond motifs is 1. The van der Waals surface area contributed by atoms with Crippen molar-refractivity contribution in [2.24, 2.45) is 7.05 Å². The Morgan fingerprint density at radius 2 is 2.09 bits per heavy atom. The van der Waals surface area contributed by atoms with Gasteiger partial charge in [0.05, 0.1) is 17.1 Å². The maximum atomic E-state index is 12.9. The van der Waals surface area contributed by atoms with Crippen LogP contribution < -0.4 is 5.32 Å². The smallest absolute Gasteiger partial charge is 0.180 e. The van der Waals surface area contributed by atoms with Crippen LogP contribution in [-0.2, 0) is 7.05 Å². The van der Waals surface area contributed by atoms with Gasteiger partial charge < -0.3 is 9.88 Å². The molecule has 1 unspecified atom stereocenters. The van der Waals surface area contributed by atoms with E-state index < -0.39 is 0 Å². The van der Waals surface area contributed by atoms with E-state index in [0.29, 0.717) is 0 Å². The number of hydrogen-bond donors (Lipinski definition) is 1. The molecule has 0 saturated carbocycles. The average Bonchev–Trinajstić information content (AvgIpc) is 2.83. The van der Waals surface area contributed by atoms with Crippen LogP contribution >= 0.6 is 0 Å².